The van der Waals surface area contributed by atoms with E-state index in [4.69, 9.17) is 16.1 Å². The molecule has 1 amide bonds. The van der Waals surface area contributed by atoms with Crippen LogP contribution in [0.2, 0.25) is 5.02 Å². The Morgan fingerprint density at radius 2 is 1.61 bits per heavy atom. The molecule has 2 aromatic carbocycles. The van der Waals surface area contributed by atoms with Crippen molar-refractivity contribution < 1.29 is 9.32 Å². The minimum Gasteiger partial charge on any atom is -0.355 e. The third-order valence-corrected chi connectivity index (χ3v) is 4.57. The third-order valence-electron chi connectivity index (χ3n) is 4.32. The van der Waals surface area contributed by atoms with Gasteiger partial charge in [-0.25, -0.2) is 0 Å². The molecule has 0 spiro atoms. The van der Waals surface area contributed by atoms with Crippen molar-refractivity contribution in [3.05, 3.63) is 107 Å². The Balaban J connectivity index is 1.61. The molecule has 1 N–H and O–H groups in total. The summed E-state index contributed by atoms with van der Waals surface area (Å²) in [5.74, 6) is 0.183. The number of aromatic nitrogens is 2. The highest BCUT2D eigenvalue weighted by atomic mass is 35.5. The molecule has 0 radical (unpaired) electrons. The van der Waals surface area contributed by atoms with Crippen LogP contribution >= 0.6 is 11.6 Å². The van der Waals surface area contributed by atoms with Crippen LogP contribution in [0.15, 0.2) is 89.7 Å². The zero-order valence-corrected chi connectivity index (χ0v) is 15.5. The van der Waals surface area contributed by atoms with Gasteiger partial charge in [-0.1, -0.05) is 59.2 Å². The van der Waals surface area contributed by atoms with E-state index in [2.05, 4.69) is 15.5 Å². The summed E-state index contributed by atoms with van der Waals surface area (Å²) in [6.45, 7) is 0. The molecule has 0 saturated heterocycles. The maximum Gasteiger partial charge on any atom is 0.274 e. The molecule has 138 valence electrons. The zero-order chi connectivity index (χ0) is 19.3. The van der Waals surface area contributed by atoms with Crippen LogP contribution in [0.3, 0.4) is 0 Å². The van der Waals surface area contributed by atoms with Gasteiger partial charge in [-0.15, -0.1) is 0 Å². The van der Waals surface area contributed by atoms with E-state index in [-0.39, 0.29) is 17.6 Å². The number of carbonyl (C=O) groups is 1. The molecule has 0 aliphatic carbocycles. The Hall–Kier alpha value is -3.44. The number of rotatable bonds is 5. The van der Waals surface area contributed by atoms with Crippen LogP contribution in [-0.4, -0.2) is 16.0 Å². The van der Waals surface area contributed by atoms with Crippen LogP contribution in [0.1, 0.15) is 27.7 Å². The highest BCUT2D eigenvalue weighted by molar-refractivity contribution is 6.30. The number of pyridine rings is 1. The van der Waals surface area contributed by atoms with Gasteiger partial charge in [-0.3, -0.25) is 9.78 Å². The standard InChI is InChI=1S/C22H16ClN3O2/c23-18-8-6-17(7-9-18)21(16-4-2-1-3-5-16)25-22(27)19-14-20(28-26-19)15-10-12-24-13-11-15/h1-14,21H,(H,25,27). The van der Waals surface area contributed by atoms with E-state index >= 15 is 0 Å². The highest BCUT2D eigenvalue weighted by Gasteiger charge is 2.20. The van der Waals surface area contributed by atoms with E-state index in [9.17, 15) is 4.79 Å². The second-order valence-electron chi connectivity index (χ2n) is 6.18. The fourth-order valence-corrected chi connectivity index (χ4v) is 3.03. The van der Waals surface area contributed by atoms with Crippen molar-refractivity contribution in [1.82, 2.24) is 15.5 Å². The zero-order valence-electron chi connectivity index (χ0n) is 14.7. The summed E-state index contributed by atoms with van der Waals surface area (Å²) in [5, 5.41) is 7.59. The van der Waals surface area contributed by atoms with Gasteiger partial charge in [0.2, 0.25) is 0 Å². The number of hydrogen-bond donors (Lipinski definition) is 1. The van der Waals surface area contributed by atoms with Gasteiger partial charge >= 0.3 is 0 Å². The largest absolute Gasteiger partial charge is 0.355 e. The van der Waals surface area contributed by atoms with Gasteiger partial charge in [0.1, 0.15) is 0 Å². The first-order valence-electron chi connectivity index (χ1n) is 8.69. The lowest BCUT2D eigenvalue weighted by Crippen LogP contribution is -2.29. The number of carbonyl (C=O) groups excluding carboxylic acids is 1. The second-order valence-corrected chi connectivity index (χ2v) is 6.62. The summed E-state index contributed by atoms with van der Waals surface area (Å²) in [5.41, 5.74) is 2.89. The van der Waals surface area contributed by atoms with E-state index in [1.54, 1.807) is 42.7 Å². The minimum atomic E-state index is -0.341. The summed E-state index contributed by atoms with van der Waals surface area (Å²) < 4.78 is 5.32. The Morgan fingerprint density at radius 1 is 0.929 bits per heavy atom. The molecule has 4 rings (SSSR count). The summed E-state index contributed by atoms with van der Waals surface area (Å²) in [7, 11) is 0. The number of nitrogens with zero attached hydrogens (tertiary/aromatic N) is 2. The lowest BCUT2D eigenvalue weighted by molar-refractivity contribution is 0.0934. The van der Waals surface area contributed by atoms with Gasteiger partial charge in [-0.05, 0) is 35.4 Å². The Kier molecular flexibility index (Phi) is 5.17. The molecule has 5 nitrogen and oxygen atoms in total. The van der Waals surface area contributed by atoms with Crippen molar-refractivity contribution in [3.63, 3.8) is 0 Å². The maximum absolute atomic E-state index is 12.8. The number of benzene rings is 2. The summed E-state index contributed by atoms with van der Waals surface area (Å²) in [6.07, 6.45) is 3.31. The van der Waals surface area contributed by atoms with Gasteiger partial charge in [-0.2, -0.15) is 0 Å². The molecular formula is C22H16ClN3O2. The number of halogens is 1. The van der Waals surface area contributed by atoms with Crippen molar-refractivity contribution >= 4 is 17.5 Å². The predicted octanol–water partition coefficient (Wildman–Crippen LogP) is 4.91. The van der Waals surface area contributed by atoms with Crippen molar-refractivity contribution in [3.8, 4) is 11.3 Å². The average molecular weight is 390 g/mol. The molecule has 0 bridgehead atoms. The first kappa shape index (κ1) is 17.9. The summed E-state index contributed by atoms with van der Waals surface area (Å²) in [4.78, 5) is 16.8. The molecule has 6 heteroatoms. The molecule has 0 saturated carbocycles. The lowest BCUT2D eigenvalue weighted by atomic mass is 9.98. The molecule has 2 heterocycles. The molecule has 28 heavy (non-hydrogen) atoms. The molecule has 4 aromatic rings. The lowest BCUT2D eigenvalue weighted by Gasteiger charge is -2.19. The van der Waals surface area contributed by atoms with Gasteiger partial charge in [0.05, 0.1) is 6.04 Å². The molecule has 0 aliphatic rings. The molecule has 0 aliphatic heterocycles. The number of nitrogens with one attached hydrogen (secondary N) is 1. The van der Waals surface area contributed by atoms with Gasteiger partial charge < -0.3 is 9.84 Å². The van der Waals surface area contributed by atoms with Crippen LogP contribution in [0.4, 0.5) is 0 Å². The fraction of sp³-hybridized carbons (Fsp3) is 0.0455. The summed E-state index contributed by atoms with van der Waals surface area (Å²) >= 11 is 6.01. The quantitative estimate of drug-likeness (QED) is 0.526. The topological polar surface area (TPSA) is 68.0 Å². The van der Waals surface area contributed by atoms with E-state index in [0.717, 1.165) is 16.7 Å². The van der Waals surface area contributed by atoms with Crippen molar-refractivity contribution in [2.45, 2.75) is 6.04 Å². The van der Waals surface area contributed by atoms with Gasteiger partial charge in [0, 0.05) is 29.0 Å². The average Bonchev–Trinajstić information content (AvgIpc) is 3.24. The van der Waals surface area contributed by atoms with Gasteiger partial charge in [0.25, 0.3) is 5.91 Å². The van der Waals surface area contributed by atoms with Crippen molar-refractivity contribution in [2.75, 3.05) is 0 Å². The molecular weight excluding hydrogens is 374 g/mol. The SMILES string of the molecule is O=C(NC(c1ccccc1)c1ccc(Cl)cc1)c1cc(-c2ccncc2)on1. The maximum atomic E-state index is 12.8. The van der Waals surface area contributed by atoms with E-state index in [1.807, 2.05) is 42.5 Å². The molecule has 0 fully saturated rings. The first-order valence-corrected chi connectivity index (χ1v) is 9.07. The van der Waals surface area contributed by atoms with E-state index < -0.39 is 0 Å². The van der Waals surface area contributed by atoms with Crippen LogP contribution in [0, 0.1) is 0 Å². The Bertz CT molecular complexity index is 1060. The predicted molar refractivity (Wildman–Crippen MR) is 107 cm³/mol. The van der Waals surface area contributed by atoms with Crippen molar-refractivity contribution in [2.24, 2.45) is 0 Å². The molecule has 1 atom stereocenters. The highest BCUT2D eigenvalue weighted by Crippen LogP contribution is 2.25. The van der Waals surface area contributed by atoms with Gasteiger partial charge in [0.15, 0.2) is 11.5 Å². The number of amides is 1. The Morgan fingerprint density at radius 3 is 2.32 bits per heavy atom. The minimum absolute atomic E-state index is 0.210. The van der Waals surface area contributed by atoms with E-state index in [0.29, 0.717) is 10.8 Å². The third kappa shape index (κ3) is 3.94. The fourth-order valence-electron chi connectivity index (χ4n) is 2.90. The first-order chi connectivity index (χ1) is 13.7. The van der Waals surface area contributed by atoms with Crippen LogP contribution in [0.25, 0.3) is 11.3 Å². The molecule has 2 aromatic heterocycles. The number of hydrogen-bond acceptors (Lipinski definition) is 4. The van der Waals surface area contributed by atoms with Crippen molar-refractivity contribution in [1.29, 1.82) is 0 Å². The second kappa shape index (κ2) is 8.06. The Labute approximate surface area is 167 Å². The monoisotopic (exact) mass is 389 g/mol. The smallest absolute Gasteiger partial charge is 0.274 e. The summed E-state index contributed by atoms with van der Waals surface area (Å²) in [6, 6.07) is 22.0. The van der Waals surface area contributed by atoms with Crippen LogP contribution in [-0.2, 0) is 0 Å². The molecule has 1 unspecified atom stereocenters. The van der Waals surface area contributed by atoms with E-state index in [1.165, 1.54) is 0 Å². The van der Waals surface area contributed by atoms with Crippen LogP contribution in [0.5, 0.6) is 0 Å². The normalized spacial score (nSPS) is 11.8. The van der Waals surface area contributed by atoms with Crippen LogP contribution < -0.4 is 5.32 Å².